The maximum atomic E-state index is 6.21. The predicted octanol–water partition coefficient (Wildman–Crippen LogP) is 3.69. The van der Waals surface area contributed by atoms with Gasteiger partial charge < -0.3 is 8.98 Å². The number of rotatable bonds is 1. The van der Waals surface area contributed by atoms with Crippen molar-refractivity contribution in [2.24, 2.45) is 5.92 Å². The molecule has 2 aromatic heterocycles. The Hall–Kier alpha value is -1.22. The molecule has 0 bridgehead atoms. The van der Waals surface area contributed by atoms with E-state index in [2.05, 4.69) is 16.5 Å². The summed E-state index contributed by atoms with van der Waals surface area (Å²) in [7, 11) is 0. The topological polar surface area (TPSA) is 31.0 Å². The van der Waals surface area contributed by atoms with Gasteiger partial charge in [-0.25, -0.2) is 4.98 Å². The SMILES string of the molecule is Cc1ccc(-c2nc(Cl)c3n2CCC(C)C3)o1. The number of hydrogen-bond acceptors (Lipinski definition) is 2. The molecular weight excluding hydrogens is 236 g/mol. The highest BCUT2D eigenvalue weighted by Gasteiger charge is 2.24. The third-order valence-electron chi connectivity index (χ3n) is 3.37. The number of hydrogen-bond donors (Lipinski definition) is 0. The molecule has 2 aromatic rings. The largest absolute Gasteiger partial charge is 0.458 e. The number of furan rings is 1. The van der Waals surface area contributed by atoms with Crippen LogP contribution in [0.15, 0.2) is 16.5 Å². The lowest BCUT2D eigenvalue weighted by Crippen LogP contribution is -2.17. The van der Waals surface area contributed by atoms with Gasteiger partial charge in [-0.3, -0.25) is 0 Å². The second-order valence-electron chi connectivity index (χ2n) is 4.83. The summed E-state index contributed by atoms with van der Waals surface area (Å²) >= 11 is 6.21. The van der Waals surface area contributed by atoms with Crippen molar-refractivity contribution in [3.05, 3.63) is 28.7 Å². The zero-order valence-corrected chi connectivity index (χ0v) is 10.8. The van der Waals surface area contributed by atoms with Crippen LogP contribution < -0.4 is 0 Å². The fourth-order valence-corrected chi connectivity index (χ4v) is 2.68. The van der Waals surface area contributed by atoms with Crippen molar-refractivity contribution in [3.63, 3.8) is 0 Å². The number of fused-ring (bicyclic) bond motifs is 1. The van der Waals surface area contributed by atoms with Crippen molar-refractivity contribution in [1.29, 1.82) is 0 Å². The Morgan fingerprint density at radius 3 is 3.00 bits per heavy atom. The van der Waals surface area contributed by atoms with Crippen LogP contribution in [0.5, 0.6) is 0 Å². The highest BCUT2D eigenvalue weighted by molar-refractivity contribution is 6.30. The van der Waals surface area contributed by atoms with Gasteiger partial charge in [0.15, 0.2) is 16.7 Å². The maximum Gasteiger partial charge on any atom is 0.177 e. The third-order valence-corrected chi connectivity index (χ3v) is 3.67. The molecule has 1 aliphatic rings. The summed E-state index contributed by atoms with van der Waals surface area (Å²) < 4.78 is 7.83. The molecule has 90 valence electrons. The lowest BCUT2D eigenvalue weighted by Gasteiger charge is -2.21. The summed E-state index contributed by atoms with van der Waals surface area (Å²) in [6.45, 7) is 5.17. The molecule has 3 rings (SSSR count). The van der Waals surface area contributed by atoms with Gasteiger partial charge in [0.25, 0.3) is 0 Å². The molecule has 0 spiro atoms. The Morgan fingerprint density at radius 2 is 2.29 bits per heavy atom. The monoisotopic (exact) mass is 250 g/mol. The minimum absolute atomic E-state index is 0.626. The van der Waals surface area contributed by atoms with Crippen LogP contribution in [0.2, 0.25) is 5.15 Å². The molecule has 1 aliphatic heterocycles. The van der Waals surface area contributed by atoms with Gasteiger partial charge in [0.05, 0.1) is 5.69 Å². The zero-order chi connectivity index (χ0) is 12.0. The minimum Gasteiger partial charge on any atom is -0.458 e. The first kappa shape index (κ1) is 10.9. The molecule has 0 saturated heterocycles. The fraction of sp³-hybridized carbons (Fsp3) is 0.462. The summed E-state index contributed by atoms with van der Waals surface area (Å²) in [5, 5.41) is 0.626. The lowest BCUT2D eigenvalue weighted by molar-refractivity contribution is 0.416. The summed E-state index contributed by atoms with van der Waals surface area (Å²) in [5.41, 5.74) is 1.15. The van der Waals surface area contributed by atoms with Gasteiger partial charge in [-0.1, -0.05) is 18.5 Å². The molecule has 0 aliphatic carbocycles. The van der Waals surface area contributed by atoms with Gasteiger partial charge in [-0.05, 0) is 37.8 Å². The van der Waals surface area contributed by atoms with Crippen LogP contribution in [0.25, 0.3) is 11.6 Å². The molecule has 1 atom stereocenters. The van der Waals surface area contributed by atoms with Crippen molar-refractivity contribution in [2.75, 3.05) is 0 Å². The normalized spacial score (nSPS) is 19.4. The molecule has 1 unspecified atom stereocenters. The summed E-state index contributed by atoms with van der Waals surface area (Å²) in [6.07, 6.45) is 2.18. The minimum atomic E-state index is 0.626. The van der Waals surface area contributed by atoms with Crippen LogP contribution in [0.1, 0.15) is 24.8 Å². The molecule has 17 heavy (non-hydrogen) atoms. The standard InChI is InChI=1S/C13H15ClN2O/c1-8-5-6-16-10(7-8)12(14)15-13(16)11-4-3-9(2)17-11/h3-4,8H,5-7H2,1-2H3. The quantitative estimate of drug-likeness (QED) is 0.773. The van der Waals surface area contributed by atoms with E-state index < -0.39 is 0 Å². The van der Waals surface area contributed by atoms with E-state index in [1.54, 1.807) is 0 Å². The number of nitrogens with zero attached hydrogens (tertiary/aromatic N) is 2. The Kier molecular flexibility index (Phi) is 2.51. The molecule has 3 heterocycles. The second-order valence-corrected chi connectivity index (χ2v) is 5.19. The molecular formula is C13H15ClN2O. The Morgan fingerprint density at radius 1 is 1.47 bits per heavy atom. The number of halogens is 1. The van der Waals surface area contributed by atoms with E-state index in [0.717, 1.165) is 36.0 Å². The average molecular weight is 251 g/mol. The van der Waals surface area contributed by atoms with Gasteiger partial charge in [-0.15, -0.1) is 0 Å². The van der Waals surface area contributed by atoms with Crippen LogP contribution in [0.4, 0.5) is 0 Å². The summed E-state index contributed by atoms with van der Waals surface area (Å²) in [4.78, 5) is 4.44. The number of imidazole rings is 1. The lowest BCUT2D eigenvalue weighted by atomic mass is 9.98. The van der Waals surface area contributed by atoms with Crippen molar-refractivity contribution in [1.82, 2.24) is 9.55 Å². The van der Waals surface area contributed by atoms with Crippen LogP contribution >= 0.6 is 11.6 Å². The van der Waals surface area contributed by atoms with Crippen molar-refractivity contribution < 1.29 is 4.42 Å². The van der Waals surface area contributed by atoms with E-state index in [1.807, 2.05) is 19.1 Å². The summed E-state index contributed by atoms with van der Waals surface area (Å²) in [6, 6.07) is 3.91. The van der Waals surface area contributed by atoms with Crippen molar-refractivity contribution in [2.45, 2.75) is 33.2 Å². The van der Waals surface area contributed by atoms with Gasteiger partial charge >= 0.3 is 0 Å². The van der Waals surface area contributed by atoms with E-state index >= 15 is 0 Å². The Labute approximate surface area is 105 Å². The van der Waals surface area contributed by atoms with Crippen LogP contribution in [-0.2, 0) is 13.0 Å². The van der Waals surface area contributed by atoms with Crippen molar-refractivity contribution in [3.8, 4) is 11.6 Å². The molecule has 4 heteroatoms. The summed E-state index contributed by atoms with van der Waals surface area (Å²) in [5.74, 6) is 3.26. The Balaban J connectivity index is 2.10. The van der Waals surface area contributed by atoms with E-state index in [1.165, 1.54) is 6.42 Å². The fourth-order valence-electron chi connectivity index (χ4n) is 2.42. The average Bonchev–Trinajstić information content (AvgIpc) is 2.84. The number of aromatic nitrogens is 2. The highest BCUT2D eigenvalue weighted by Crippen LogP contribution is 2.32. The second kappa shape index (κ2) is 3.91. The highest BCUT2D eigenvalue weighted by atomic mass is 35.5. The molecule has 0 N–H and O–H groups in total. The van der Waals surface area contributed by atoms with Crippen LogP contribution in [0, 0.1) is 12.8 Å². The number of aryl methyl sites for hydroxylation is 1. The van der Waals surface area contributed by atoms with E-state index in [-0.39, 0.29) is 0 Å². The van der Waals surface area contributed by atoms with Crippen LogP contribution in [0.3, 0.4) is 0 Å². The zero-order valence-electron chi connectivity index (χ0n) is 10.0. The first-order valence-electron chi connectivity index (χ1n) is 5.97. The Bertz CT molecular complexity index is 556. The molecule has 0 aromatic carbocycles. The van der Waals surface area contributed by atoms with Gasteiger partial charge in [-0.2, -0.15) is 0 Å². The van der Waals surface area contributed by atoms with E-state index in [9.17, 15) is 0 Å². The third kappa shape index (κ3) is 1.78. The molecule has 3 nitrogen and oxygen atoms in total. The first-order chi connectivity index (χ1) is 8.15. The molecule has 0 saturated carbocycles. The maximum absolute atomic E-state index is 6.21. The van der Waals surface area contributed by atoms with E-state index in [0.29, 0.717) is 11.1 Å². The van der Waals surface area contributed by atoms with Crippen LogP contribution in [-0.4, -0.2) is 9.55 Å². The predicted molar refractivity (Wildman–Crippen MR) is 67.2 cm³/mol. The van der Waals surface area contributed by atoms with Gasteiger partial charge in [0.1, 0.15) is 5.76 Å². The van der Waals surface area contributed by atoms with E-state index in [4.69, 9.17) is 16.0 Å². The van der Waals surface area contributed by atoms with Crippen molar-refractivity contribution >= 4 is 11.6 Å². The smallest absolute Gasteiger partial charge is 0.177 e. The first-order valence-corrected chi connectivity index (χ1v) is 6.34. The van der Waals surface area contributed by atoms with Gasteiger partial charge in [0, 0.05) is 6.54 Å². The molecule has 0 fully saturated rings. The molecule has 0 radical (unpaired) electrons. The van der Waals surface area contributed by atoms with Gasteiger partial charge in [0.2, 0.25) is 0 Å². The molecule has 0 amide bonds.